The third-order valence-corrected chi connectivity index (χ3v) is 0.716. The molecule has 0 fully saturated rings. The van der Waals surface area contributed by atoms with Crippen LogP contribution in [0.4, 0.5) is 0 Å². The quantitative estimate of drug-likeness (QED) is 0.331. The fourth-order valence-corrected chi connectivity index (χ4v) is 0.400. The molecule has 0 saturated carbocycles. The van der Waals surface area contributed by atoms with Crippen LogP contribution in [0, 0.1) is 0 Å². The van der Waals surface area contributed by atoms with Gasteiger partial charge in [-0.3, -0.25) is 4.79 Å². The first-order chi connectivity index (χ1) is 3.81. The van der Waals surface area contributed by atoms with E-state index < -0.39 is 0 Å². The molecule has 46 valence electrons. The Morgan fingerprint density at radius 1 is 1.88 bits per heavy atom. The van der Waals surface area contributed by atoms with Crippen LogP contribution in [-0.2, 0) is 9.53 Å². The van der Waals surface area contributed by atoms with Gasteiger partial charge in [0, 0.05) is 6.08 Å². The highest BCUT2D eigenvalue weighted by Crippen LogP contribution is 1.99. The Morgan fingerprint density at radius 3 is 2.88 bits per heavy atom. The maximum absolute atomic E-state index is 9.65. The smallest absolute Gasteiger partial charge is 0.190 e. The van der Waals surface area contributed by atoms with Crippen molar-refractivity contribution < 1.29 is 9.53 Å². The predicted octanol–water partition coefficient (Wildman–Crippen LogP) is 1.30. The number of hydrogen-bond donors (Lipinski definition) is 0. The Balaban J connectivity index is 3.44. The van der Waals surface area contributed by atoms with E-state index in [9.17, 15) is 4.79 Å². The molecule has 0 rings (SSSR count). The van der Waals surface area contributed by atoms with Crippen molar-refractivity contribution in [2.24, 2.45) is 0 Å². The molecule has 0 N–H and O–H groups in total. The molecule has 0 radical (unpaired) electrons. The van der Waals surface area contributed by atoms with Gasteiger partial charge in [0.25, 0.3) is 0 Å². The summed E-state index contributed by atoms with van der Waals surface area (Å²) in [7, 11) is 0. The highest BCUT2D eigenvalue weighted by Gasteiger charge is 1.84. The van der Waals surface area contributed by atoms with Crippen LogP contribution >= 0.6 is 11.6 Å². The van der Waals surface area contributed by atoms with Crippen molar-refractivity contribution in [1.29, 1.82) is 0 Å². The molecule has 0 atom stereocenters. The van der Waals surface area contributed by atoms with E-state index in [4.69, 9.17) is 11.6 Å². The number of carbonyl (C=O) groups is 1. The molecule has 0 aliphatic carbocycles. The lowest BCUT2D eigenvalue weighted by molar-refractivity contribution is -0.104. The Labute approximate surface area is 53.1 Å². The van der Waals surface area contributed by atoms with Crippen molar-refractivity contribution in [3.05, 3.63) is 11.3 Å². The number of rotatable bonds is 3. The zero-order valence-corrected chi connectivity index (χ0v) is 5.31. The van der Waals surface area contributed by atoms with Crippen molar-refractivity contribution in [3.63, 3.8) is 0 Å². The molecule has 0 spiro atoms. The fourth-order valence-electron chi connectivity index (χ4n) is 0.239. The first kappa shape index (κ1) is 7.50. The summed E-state index contributed by atoms with van der Waals surface area (Å²) >= 11 is 5.29. The summed E-state index contributed by atoms with van der Waals surface area (Å²) in [6, 6.07) is 0. The zero-order chi connectivity index (χ0) is 6.41. The van der Waals surface area contributed by atoms with Crippen molar-refractivity contribution in [2.45, 2.75) is 6.92 Å². The third kappa shape index (κ3) is 3.68. The Kier molecular flexibility index (Phi) is 4.36. The molecular weight excluding hydrogens is 128 g/mol. The summed E-state index contributed by atoms with van der Waals surface area (Å²) in [5.74, 6) is 0. The zero-order valence-electron chi connectivity index (χ0n) is 4.56. The second-order valence-electron chi connectivity index (χ2n) is 1.04. The number of aldehydes is 1. The fraction of sp³-hybridized carbons (Fsp3) is 0.400. The van der Waals surface area contributed by atoms with E-state index in [2.05, 4.69) is 4.74 Å². The largest absolute Gasteiger partial charge is 0.483 e. The average molecular weight is 135 g/mol. The lowest BCUT2D eigenvalue weighted by Gasteiger charge is -1.94. The molecule has 0 aromatic carbocycles. The van der Waals surface area contributed by atoms with Gasteiger partial charge < -0.3 is 4.74 Å². The molecule has 0 heterocycles. The van der Waals surface area contributed by atoms with Gasteiger partial charge in [0.05, 0.1) is 6.61 Å². The van der Waals surface area contributed by atoms with Crippen molar-refractivity contribution >= 4 is 17.9 Å². The van der Waals surface area contributed by atoms with Crippen LogP contribution < -0.4 is 0 Å². The number of carbonyl (C=O) groups excluding carboxylic acids is 1. The molecule has 0 aromatic heterocycles. The second kappa shape index (κ2) is 4.65. The van der Waals surface area contributed by atoms with Crippen LogP contribution in [0.3, 0.4) is 0 Å². The number of halogens is 1. The Bertz CT molecular complexity index is 98.6. The lowest BCUT2D eigenvalue weighted by Crippen LogP contribution is -1.83. The standard InChI is InChI=1S/C5H7ClO2/c1-2-8-5(6)3-4-7/h3-4H,2H2,1H3. The van der Waals surface area contributed by atoms with Crippen LogP contribution in [0.15, 0.2) is 11.3 Å². The summed E-state index contributed by atoms with van der Waals surface area (Å²) in [5, 5.41) is 0.141. The summed E-state index contributed by atoms with van der Waals surface area (Å²) in [6.07, 6.45) is 1.74. The molecule has 0 aliphatic rings. The van der Waals surface area contributed by atoms with Crippen molar-refractivity contribution in [3.8, 4) is 0 Å². The summed E-state index contributed by atoms with van der Waals surface area (Å²) in [4.78, 5) is 9.65. The predicted molar refractivity (Wildman–Crippen MR) is 31.6 cm³/mol. The number of ether oxygens (including phenoxy) is 1. The molecule has 2 nitrogen and oxygen atoms in total. The van der Waals surface area contributed by atoms with Gasteiger partial charge >= 0.3 is 0 Å². The van der Waals surface area contributed by atoms with E-state index >= 15 is 0 Å². The van der Waals surface area contributed by atoms with E-state index in [0.717, 1.165) is 6.08 Å². The minimum absolute atomic E-state index is 0.141. The van der Waals surface area contributed by atoms with E-state index in [1.807, 2.05) is 0 Å². The summed E-state index contributed by atoms with van der Waals surface area (Å²) < 4.78 is 4.68. The van der Waals surface area contributed by atoms with Crippen molar-refractivity contribution in [1.82, 2.24) is 0 Å². The highest BCUT2D eigenvalue weighted by molar-refractivity contribution is 6.29. The molecule has 0 aliphatic heterocycles. The van der Waals surface area contributed by atoms with Gasteiger partial charge in [-0.15, -0.1) is 0 Å². The maximum atomic E-state index is 9.65. The lowest BCUT2D eigenvalue weighted by atomic mass is 10.7. The van der Waals surface area contributed by atoms with Crippen molar-refractivity contribution in [2.75, 3.05) is 6.61 Å². The van der Waals surface area contributed by atoms with Gasteiger partial charge in [-0.1, -0.05) is 0 Å². The first-order valence-electron chi connectivity index (χ1n) is 2.25. The van der Waals surface area contributed by atoms with Gasteiger partial charge in [-0.05, 0) is 18.5 Å². The van der Waals surface area contributed by atoms with Crippen LogP contribution in [0.25, 0.3) is 0 Å². The molecule has 0 bridgehead atoms. The van der Waals surface area contributed by atoms with Gasteiger partial charge in [0.15, 0.2) is 5.22 Å². The first-order valence-corrected chi connectivity index (χ1v) is 2.62. The number of hydrogen-bond acceptors (Lipinski definition) is 2. The number of allylic oxidation sites excluding steroid dienone is 1. The third-order valence-electron chi connectivity index (χ3n) is 0.481. The summed E-state index contributed by atoms with van der Waals surface area (Å²) in [6.45, 7) is 2.28. The molecule has 3 heteroatoms. The summed E-state index contributed by atoms with van der Waals surface area (Å²) in [5.41, 5.74) is 0. The second-order valence-corrected chi connectivity index (χ2v) is 1.41. The van der Waals surface area contributed by atoms with Gasteiger partial charge in [0.1, 0.15) is 6.29 Å². The maximum Gasteiger partial charge on any atom is 0.190 e. The van der Waals surface area contributed by atoms with Crippen LogP contribution in [0.1, 0.15) is 6.92 Å². The molecular formula is C5H7ClO2. The Morgan fingerprint density at radius 2 is 2.50 bits per heavy atom. The molecule has 0 aromatic rings. The minimum atomic E-state index is 0.141. The van der Waals surface area contributed by atoms with E-state index in [0.29, 0.717) is 12.9 Å². The highest BCUT2D eigenvalue weighted by atomic mass is 35.5. The SMILES string of the molecule is CCOC(Cl)=CC=O. The molecule has 0 unspecified atom stereocenters. The average Bonchev–Trinajstić information content (AvgIpc) is 1.68. The topological polar surface area (TPSA) is 26.3 Å². The monoisotopic (exact) mass is 134 g/mol. The van der Waals surface area contributed by atoms with E-state index in [1.54, 1.807) is 6.92 Å². The van der Waals surface area contributed by atoms with Crippen LogP contribution in [-0.4, -0.2) is 12.9 Å². The van der Waals surface area contributed by atoms with Gasteiger partial charge in [0.2, 0.25) is 0 Å². The van der Waals surface area contributed by atoms with Gasteiger partial charge in [-0.25, -0.2) is 0 Å². The van der Waals surface area contributed by atoms with E-state index in [1.165, 1.54) is 0 Å². The Hall–Kier alpha value is -0.500. The van der Waals surface area contributed by atoms with Crippen LogP contribution in [0.5, 0.6) is 0 Å². The molecule has 0 saturated heterocycles. The molecule has 0 amide bonds. The minimum Gasteiger partial charge on any atom is -0.483 e. The van der Waals surface area contributed by atoms with E-state index in [-0.39, 0.29) is 5.22 Å². The normalized spacial score (nSPS) is 11.0. The van der Waals surface area contributed by atoms with Gasteiger partial charge in [-0.2, -0.15) is 0 Å². The molecule has 8 heavy (non-hydrogen) atoms. The van der Waals surface area contributed by atoms with Crippen LogP contribution in [0.2, 0.25) is 0 Å².